The number of rotatable bonds is 4. The van der Waals surface area contributed by atoms with Crippen LogP contribution in [-0.4, -0.2) is 26.6 Å². The number of furan rings is 1. The number of carbonyl (C=O) groups is 2. The molecular weight excluding hydrogens is 350 g/mol. The van der Waals surface area contributed by atoms with Gasteiger partial charge in [0.1, 0.15) is 11.5 Å². The number of aromatic hydroxyl groups is 2. The Bertz CT molecular complexity index is 1100. The third kappa shape index (κ3) is 3.24. The summed E-state index contributed by atoms with van der Waals surface area (Å²) in [5.41, 5.74) is 0.355. The number of amides is 2. The quantitative estimate of drug-likeness (QED) is 0.536. The topological polar surface area (TPSA) is 117 Å². The van der Waals surface area contributed by atoms with Crippen LogP contribution < -0.4 is 0 Å². The van der Waals surface area contributed by atoms with Gasteiger partial charge in [-0.1, -0.05) is 6.08 Å². The van der Waals surface area contributed by atoms with E-state index in [1.54, 1.807) is 13.8 Å². The third-order valence-electron chi connectivity index (χ3n) is 4.07. The van der Waals surface area contributed by atoms with Crippen molar-refractivity contribution in [3.05, 3.63) is 59.6 Å². The molecule has 0 saturated carbocycles. The zero-order valence-corrected chi connectivity index (χ0v) is 14.8. The monoisotopic (exact) mass is 367 g/mol. The van der Waals surface area contributed by atoms with Gasteiger partial charge in [-0.2, -0.15) is 0 Å². The van der Waals surface area contributed by atoms with Crippen molar-refractivity contribution in [2.45, 2.75) is 20.4 Å². The van der Waals surface area contributed by atoms with E-state index in [-0.39, 0.29) is 34.8 Å². The van der Waals surface area contributed by atoms with Gasteiger partial charge < -0.3 is 14.6 Å². The molecule has 2 N–H and O–H groups in total. The summed E-state index contributed by atoms with van der Waals surface area (Å²) in [6.07, 6.45) is 1.52. The van der Waals surface area contributed by atoms with Gasteiger partial charge in [-0.15, -0.1) is 16.8 Å². The number of hydrogen-bond donors (Lipinski definition) is 2. The number of benzene rings is 1. The van der Waals surface area contributed by atoms with Crippen LogP contribution in [0.15, 0.2) is 51.6 Å². The standard InChI is InChI=1S/C19H17N3O5/c1-4-7-22-18(25)13-6-5-12(9-15(13)19(22)26)16(23)20-21-17(24)14-8-10(2)27-11(14)3/h4-6,8-9,25-26H,1,7H2,2-3H3. The number of carbonyl (C=O) groups excluding carboxylic acids is 2. The zero-order valence-electron chi connectivity index (χ0n) is 14.8. The van der Waals surface area contributed by atoms with Gasteiger partial charge in [-0.05, 0) is 38.1 Å². The third-order valence-corrected chi connectivity index (χ3v) is 4.07. The number of hydrogen-bond acceptors (Lipinski definition) is 5. The molecule has 0 bridgehead atoms. The first-order chi connectivity index (χ1) is 12.8. The number of allylic oxidation sites excluding steroid dienone is 1. The molecule has 0 saturated heterocycles. The van der Waals surface area contributed by atoms with Crippen LogP contribution in [0.3, 0.4) is 0 Å². The lowest BCUT2D eigenvalue weighted by atomic mass is 10.1. The van der Waals surface area contributed by atoms with Crippen LogP contribution in [0.2, 0.25) is 0 Å². The van der Waals surface area contributed by atoms with Crippen molar-refractivity contribution in [2.75, 3.05) is 0 Å². The van der Waals surface area contributed by atoms with Crippen LogP contribution in [0.5, 0.6) is 11.8 Å². The number of nitrogens with zero attached hydrogens (tertiary/aromatic N) is 3. The highest BCUT2D eigenvalue weighted by Crippen LogP contribution is 2.36. The molecule has 8 nitrogen and oxygen atoms in total. The molecule has 0 aliphatic heterocycles. The van der Waals surface area contributed by atoms with Gasteiger partial charge in [0.25, 0.3) is 11.8 Å². The average Bonchev–Trinajstić information content (AvgIpc) is 3.10. The molecule has 2 amide bonds. The Balaban J connectivity index is 1.89. The molecule has 8 heteroatoms. The molecule has 0 spiro atoms. The fraction of sp³-hybridized carbons (Fsp3) is 0.158. The fourth-order valence-electron chi connectivity index (χ4n) is 2.80. The van der Waals surface area contributed by atoms with E-state index in [0.717, 1.165) is 0 Å². The van der Waals surface area contributed by atoms with Gasteiger partial charge >= 0.3 is 0 Å². The largest absolute Gasteiger partial charge is 0.494 e. The van der Waals surface area contributed by atoms with Crippen molar-refractivity contribution >= 4 is 22.6 Å². The van der Waals surface area contributed by atoms with E-state index in [9.17, 15) is 19.8 Å². The van der Waals surface area contributed by atoms with Crippen LogP contribution in [0, 0.1) is 13.8 Å². The highest BCUT2D eigenvalue weighted by atomic mass is 16.3. The normalized spacial score (nSPS) is 11.3. The van der Waals surface area contributed by atoms with Crippen LogP contribution in [-0.2, 0) is 6.54 Å². The molecule has 3 aromatic rings. The molecule has 0 aliphatic carbocycles. The van der Waals surface area contributed by atoms with E-state index in [2.05, 4.69) is 16.8 Å². The molecular formula is C19H17N3O5. The lowest BCUT2D eigenvalue weighted by Crippen LogP contribution is -1.98. The van der Waals surface area contributed by atoms with Crippen molar-refractivity contribution in [1.29, 1.82) is 0 Å². The van der Waals surface area contributed by atoms with E-state index in [1.165, 1.54) is 34.9 Å². The number of azo groups is 1. The molecule has 0 aliphatic rings. The number of aromatic nitrogens is 1. The smallest absolute Gasteiger partial charge is 0.299 e. The van der Waals surface area contributed by atoms with Crippen LogP contribution in [0.25, 0.3) is 10.8 Å². The average molecular weight is 367 g/mol. The van der Waals surface area contributed by atoms with Crippen molar-refractivity contribution < 1.29 is 24.2 Å². The van der Waals surface area contributed by atoms with E-state index in [4.69, 9.17) is 4.42 Å². The lowest BCUT2D eigenvalue weighted by molar-refractivity contribution is 0.0946. The molecule has 0 atom stereocenters. The Hall–Kier alpha value is -3.68. The molecule has 2 heterocycles. The van der Waals surface area contributed by atoms with Gasteiger partial charge in [0.05, 0.1) is 5.56 Å². The maximum absolute atomic E-state index is 12.2. The number of aryl methyl sites for hydroxylation is 2. The maximum Gasteiger partial charge on any atom is 0.299 e. The summed E-state index contributed by atoms with van der Waals surface area (Å²) in [4.78, 5) is 24.3. The second kappa shape index (κ2) is 6.91. The van der Waals surface area contributed by atoms with Crippen LogP contribution in [0.4, 0.5) is 0 Å². The van der Waals surface area contributed by atoms with Crippen molar-refractivity contribution in [3.63, 3.8) is 0 Å². The minimum Gasteiger partial charge on any atom is -0.494 e. The molecule has 27 heavy (non-hydrogen) atoms. The highest BCUT2D eigenvalue weighted by molar-refractivity contribution is 6.03. The summed E-state index contributed by atoms with van der Waals surface area (Å²) < 4.78 is 6.50. The first-order valence-electron chi connectivity index (χ1n) is 8.06. The summed E-state index contributed by atoms with van der Waals surface area (Å²) in [6.45, 7) is 7.08. The Morgan fingerprint density at radius 1 is 1.11 bits per heavy atom. The predicted molar refractivity (Wildman–Crippen MR) is 97.2 cm³/mol. The van der Waals surface area contributed by atoms with Crippen molar-refractivity contribution in [2.24, 2.45) is 10.2 Å². The molecule has 0 radical (unpaired) electrons. The minimum atomic E-state index is -0.751. The highest BCUT2D eigenvalue weighted by Gasteiger charge is 2.18. The second-order valence-electron chi connectivity index (χ2n) is 5.94. The summed E-state index contributed by atoms with van der Waals surface area (Å²) in [6, 6.07) is 5.82. The molecule has 1 aromatic carbocycles. The van der Waals surface area contributed by atoms with E-state index < -0.39 is 11.8 Å². The molecule has 2 aromatic heterocycles. The Morgan fingerprint density at radius 3 is 2.41 bits per heavy atom. The SMILES string of the molecule is C=CCn1c(O)c2ccc(C(=O)N=NC(=O)c3cc(C)oc3C)cc2c1O. The summed E-state index contributed by atoms with van der Waals surface area (Å²) in [5.74, 6) is -0.815. The van der Waals surface area contributed by atoms with Crippen LogP contribution in [0.1, 0.15) is 32.2 Å². The Morgan fingerprint density at radius 2 is 1.78 bits per heavy atom. The minimum absolute atomic E-state index is 0.116. The van der Waals surface area contributed by atoms with Gasteiger partial charge in [0.15, 0.2) is 0 Å². The lowest BCUT2D eigenvalue weighted by Gasteiger charge is -2.01. The van der Waals surface area contributed by atoms with E-state index in [0.29, 0.717) is 16.9 Å². The summed E-state index contributed by atoms with van der Waals surface area (Å²) in [5, 5.41) is 27.9. The molecule has 3 rings (SSSR count). The number of fused-ring (bicyclic) bond motifs is 1. The summed E-state index contributed by atoms with van der Waals surface area (Å²) >= 11 is 0. The molecule has 138 valence electrons. The van der Waals surface area contributed by atoms with Crippen LogP contribution >= 0.6 is 0 Å². The van der Waals surface area contributed by atoms with Gasteiger partial charge in [-0.3, -0.25) is 14.2 Å². The van der Waals surface area contributed by atoms with Crippen molar-refractivity contribution in [1.82, 2.24) is 4.57 Å². The predicted octanol–water partition coefficient (Wildman–Crippen LogP) is 3.88. The maximum atomic E-state index is 12.2. The van der Waals surface area contributed by atoms with Gasteiger partial charge in [0, 0.05) is 22.9 Å². The van der Waals surface area contributed by atoms with Crippen molar-refractivity contribution in [3.8, 4) is 11.8 Å². The second-order valence-corrected chi connectivity index (χ2v) is 5.94. The first kappa shape index (κ1) is 18.1. The van der Waals surface area contributed by atoms with E-state index >= 15 is 0 Å². The molecule has 0 fully saturated rings. The van der Waals surface area contributed by atoms with Gasteiger partial charge in [-0.25, -0.2) is 0 Å². The van der Waals surface area contributed by atoms with E-state index in [1.807, 2.05) is 0 Å². The fourth-order valence-corrected chi connectivity index (χ4v) is 2.80. The molecule has 0 unspecified atom stereocenters. The zero-order chi connectivity index (χ0) is 19.7. The summed E-state index contributed by atoms with van der Waals surface area (Å²) in [7, 11) is 0. The Kier molecular flexibility index (Phi) is 4.64. The van der Waals surface area contributed by atoms with Gasteiger partial charge in [0.2, 0.25) is 11.8 Å². The Labute approximate surface area is 154 Å². The first-order valence-corrected chi connectivity index (χ1v) is 8.06.